The molecule has 5 unspecified atom stereocenters. The van der Waals surface area contributed by atoms with Crippen molar-refractivity contribution in [2.75, 3.05) is 0 Å². The first-order valence-corrected chi connectivity index (χ1v) is 9.19. The van der Waals surface area contributed by atoms with Gasteiger partial charge in [0.15, 0.2) is 6.04 Å². The van der Waals surface area contributed by atoms with E-state index in [9.17, 15) is 29.1 Å². The molecule has 0 bridgehead atoms. The molecular weight excluding hydrogens is 416 g/mol. The molecule has 3 amide bonds. The van der Waals surface area contributed by atoms with Crippen molar-refractivity contribution in [2.45, 2.75) is 57.0 Å². The summed E-state index contributed by atoms with van der Waals surface area (Å²) in [4.78, 5) is 65.5. The zero-order chi connectivity index (χ0) is 23.7. The van der Waals surface area contributed by atoms with Crippen LogP contribution in [0.5, 0.6) is 0 Å². The van der Waals surface area contributed by atoms with E-state index in [2.05, 4.69) is 20.6 Å². The first kappa shape index (κ1) is 25.5. The number of aromatic nitrogens is 2. The summed E-state index contributed by atoms with van der Waals surface area (Å²) in [5.41, 5.74) is 6.37. The Labute approximate surface area is 176 Å². The molecule has 14 heteroatoms. The van der Waals surface area contributed by atoms with E-state index in [-0.39, 0.29) is 6.42 Å². The third kappa shape index (κ3) is 8.39. The van der Waals surface area contributed by atoms with Crippen LogP contribution in [0.25, 0.3) is 0 Å². The molecule has 9 N–H and O–H groups in total. The molecule has 0 aliphatic heterocycles. The molecule has 0 radical (unpaired) electrons. The fraction of sp³-hybridized carbons (Fsp3) is 0.529. The third-order valence-electron chi connectivity index (χ3n) is 4.14. The van der Waals surface area contributed by atoms with E-state index in [1.165, 1.54) is 19.4 Å². The van der Waals surface area contributed by atoms with Gasteiger partial charge in [-0.3, -0.25) is 19.2 Å². The minimum atomic E-state index is -1.71. The van der Waals surface area contributed by atoms with E-state index in [1.54, 1.807) is 0 Å². The van der Waals surface area contributed by atoms with Gasteiger partial charge in [0.2, 0.25) is 17.7 Å². The van der Waals surface area contributed by atoms with E-state index in [1.807, 2.05) is 5.32 Å². The number of carboxylic acid groups (broad SMARTS) is 2. The van der Waals surface area contributed by atoms with Crippen LogP contribution in [0.2, 0.25) is 0 Å². The van der Waals surface area contributed by atoms with Gasteiger partial charge in [0, 0.05) is 18.3 Å². The Kier molecular flexibility index (Phi) is 9.56. The summed E-state index contributed by atoms with van der Waals surface area (Å²) >= 11 is 0. The number of H-pyrrole nitrogens is 1. The van der Waals surface area contributed by atoms with Gasteiger partial charge in [-0.25, -0.2) is 9.78 Å². The maximum atomic E-state index is 12.3. The molecule has 14 nitrogen and oxygen atoms in total. The molecule has 0 aliphatic rings. The lowest BCUT2D eigenvalue weighted by Gasteiger charge is -2.23. The lowest BCUT2D eigenvalue weighted by molar-refractivity contribution is -0.146. The molecule has 0 aromatic carbocycles. The predicted molar refractivity (Wildman–Crippen MR) is 103 cm³/mol. The topological polar surface area (TPSA) is 237 Å². The third-order valence-corrected chi connectivity index (χ3v) is 4.14. The first-order valence-electron chi connectivity index (χ1n) is 9.19. The molecule has 1 heterocycles. The number of nitrogens with zero attached hydrogens (tertiary/aromatic N) is 1. The Morgan fingerprint density at radius 3 is 2.19 bits per heavy atom. The van der Waals surface area contributed by atoms with Crippen LogP contribution in [0.3, 0.4) is 0 Å². The molecule has 0 aliphatic carbocycles. The van der Waals surface area contributed by atoms with Crippen molar-refractivity contribution in [3.8, 4) is 0 Å². The average molecular weight is 442 g/mol. The van der Waals surface area contributed by atoms with Crippen LogP contribution in [-0.2, 0) is 30.4 Å². The van der Waals surface area contributed by atoms with Crippen molar-refractivity contribution in [3.05, 3.63) is 18.2 Å². The second-order valence-electron chi connectivity index (χ2n) is 6.84. The Morgan fingerprint density at radius 1 is 1.06 bits per heavy atom. The van der Waals surface area contributed by atoms with Crippen LogP contribution in [0.1, 0.15) is 26.0 Å². The fourth-order valence-corrected chi connectivity index (χ4v) is 2.44. The van der Waals surface area contributed by atoms with E-state index in [0.717, 1.165) is 6.92 Å². The summed E-state index contributed by atoms with van der Waals surface area (Å²) in [5.74, 6) is -5.68. The lowest BCUT2D eigenvalue weighted by Crippen LogP contribution is -2.58. The quantitative estimate of drug-likeness (QED) is 0.160. The molecule has 0 saturated heterocycles. The van der Waals surface area contributed by atoms with Crippen LogP contribution >= 0.6 is 0 Å². The molecule has 0 fully saturated rings. The minimum Gasteiger partial charge on any atom is -0.481 e. The van der Waals surface area contributed by atoms with Crippen molar-refractivity contribution in [1.29, 1.82) is 0 Å². The number of aliphatic hydroxyl groups excluding tert-OH is 1. The van der Waals surface area contributed by atoms with Crippen molar-refractivity contribution in [3.63, 3.8) is 0 Å². The Bertz CT molecular complexity index is 797. The molecule has 31 heavy (non-hydrogen) atoms. The van der Waals surface area contributed by atoms with Crippen molar-refractivity contribution in [1.82, 2.24) is 25.9 Å². The van der Waals surface area contributed by atoms with Crippen LogP contribution in [0, 0.1) is 0 Å². The van der Waals surface area contributed by atoms with Gasteiger partial charge in [-0.05, 0) is 13.8 Å². The number of imidazole rings is 1. The maximum absolute atomic E-state index is 12.3. The molecule has 5 atom stereocenters. The lowest BCUT2D eigenvalue weighted by atomic mass is 10.1. The summed E-state index contributed by atoms with van der Waals surface area (Å²) in [6.07, 6.45) is 0.688. The SMILES string of the molecule is CC(NC(=O)C(N)Cc1cnc[nH]1)C(=O)NC(CC(=O)O)C(=O)NC(C(=O)O)C(C)O. The van der Waals surface area contributed by atoms with Gasteiger partial charge in [-0.2, -0.15) is 0 Å². The van der Waals surface area contributed by atoms with Crippen LogP contribution in [-0.4, -0.2) is 85.2 Å². The summed E-state index contributed by atoms with van der Waals surface area (Å²) in [6.45, 7) is 2.41. The molecule has 1 aromatic heterocycles. The van der Waals surface area contributed by atoms with Crippen molar-refractivity contribution >= 4 is 29.7 Å². The van der Waals surface area contributed by atoms with Crippen LogP contribution in [0.4, 0.5) is 0 Å². The minimum absolute atomic E-state index is 0.125. The number of hydrogen-bond acceptors (Lipinski definition) is 8. The van der Waals surface area contributed by atoms with Gasteiger partial charge < -0.3 is 42.0 Å². The van der Waals surface area contributed by atoms with Gasteiger partial charge in [-0.15, -0.1) is 0 Å². The van der Waals surface area contributed by atoms with E-state index < -0.39 is 66.4 Å². The zero-order valence-electron chi connectivity index (χ0n) is 16.9. The number of carboxylic acids is 2. The summed E-state index contributed by atoms with van der Waals surface area (Å²) in [6, 6.07) is -5.55. The fourth-order valence-electron chi connectivity index (χ4n) is 2.44. The largest absolute Gasteiger partial charge is 0.481 e. The van der Waals surface area contributed by atoms with Gasteiger partial charge in [0.05, 0.1) is 24.9 Å². The molecule has 1 rings (SSSR count). The van der Waals surface area contributed by atoms with Crippen molar-refractivity contribution in [2.24, 2.45) is 5.73 Å². The number of aliphatic carboxylic acids is 2. The second kappa shape index (κ2) is 11.6. The number of nitrogens with one attached hydrogen (secondary N) is 4. The molecule has 172 valence electrons. The highest BCUT2D eigenvalue weighted by Crippen LogP contribution is 2.01. The van der Waals surface area contributed by atoms with Crippen LogP contribution in [0.15, 0.2) is 12.5 Å². The predicted octanol–water partition coefficient (Wildman–Crippen LogP) is -3.31. The highest BCUT2D eigenvalue weighted by molar-refractivity contribution is 5.95. The monoisotopic (exact) mass is 442 g/mol. The zero-order valence-corrected chi connectivity index (χ0v) is 16.9. The summed E-state index contributed by atoms with van der Waals surface area (Å²) < 4.78 is 0. The van der Waals surface area contributed by atoms with Crippen molar-refractivity contribution < 1.29 is 39.3 Å². The van der Waals surface area contributed by atoms with E-state index >= 15 is 0 Å². The number of carbonyl (C=O) groups excluding carboxylic acids is 3. The normalized spacial score (nSPS) is 15.6. The van der Waals surface area contributed by atoms with E-state index in [0.29, 0.717) is 5.69 Å². The molecule has 1 aromatic rings. The number of hydrogen-bond donors (Lipinski definition) is 8. The number of rotatable bonds is 12. The Hall–Kier alpha value is -3.52. The first-order chi connectivity index (χ1) is 14.4. The van der Waals surface area contributed by atoms with Gasteiger partial charge in [0.1, 0.15) is 12.1 Å². The molecule has 0 spiro atoms. The number of aromatic amines is 1. The van der Waals surface area contributed by atoms with Gasteiger partial charge in [-0.1, -0.05) is 0 Å². The number of carbonyl (C=O) groups is 5. The van der Waals surface area contributed by atoms with Crippen LogP contribution < -0.4 is 21.7 Å². The molecular formula is C17H26N6O8. The van der Waals surface area contributed by atoms with Gasteiger partial charge >= 0.3 is 11.9 Å². The average Bonchev–Trinajstić information content (AvgIpc) is 3.17. The number of amides is 3. The Morgan fingerprint density at radius 2 is 1.71 bits per heavy atom. The second-order valence-corrected chi connectivity index (χ2v) is 6.84. The highest BCUT2D eigenvalue weighted by Gasteiger charge is 2.32. The molecule has 0 saturated carbocycles. The maximum Gasteiger partial charge on any atom is 0.328 e. The number of nitrogens with two attached hydrogens (primary N) is 1. The standard InChI is InChI=1S/C17H26N6O8/c1-7(21-15(28)10(18)3-9-5-19-6-20-9)14(27)22-11(4-12(25)26)16(29)23-13(8(2)24)17(30)31/h5-8,10-11,13,24H,3-4,18H2,1-2H3,(H,19,20)(H,21,28)(H,22,27)(H,23,29)(H,25,26)(H,30,31). The van der Waals surface area contributed by atoms with E-state index in [4.69, 9.17) is 15.9 Å². The Balaban J connectivity index is 2.74. The smallest absolute Gasteiger partial charge is 0.328 e. The summed E-state index contributed by atoms with van der Waals surface area (Å²) in [5, 5.41) is 33.9. The highest BCUT2D eigenvalue weighted by atomic mass is 16.4. The summed E-state index contributed by atoms with van der Waals surface area (Å²) in [7, 11) is 0. The number of aliphatic hydroxyl groups is 1. The van der Waals surface area contributed by atoms with Gasteiger partial charge in [0.25, 0.3) is 0 Å².